The molecule has 0 aliphatic heterocycles. The zero-order valence-electron chi connectivity index (χ0n) is 15.8. The first-order chi connectivity index (χ1) is 13.1. The van der Waals surface area contributed by atoms with E-state index in [4.69, 9.17) is 4.74 Å². The number of carbonyl (C=O) groups excluding carboxylic acids is 2. The van der Waals surface area contributed by atoms with E-state index in [1.807, 2.05) is 0 Å². The molecule has 1 aliphatic rings. The molecule has 7 heteroatoms. The van der Waals surface area contributed by atoms with Crippen LogP contribution in [0.2, 0.25) is 0 Å². The summed E-state index contributed by atoms with van der Waals surface area (Å²) in [6, 6.07) is 6.87. The first-order valence-corrected chi connectivity index (χ1v) is 9.34. The molecule has 0 unspecified atom stereocenters. The van der Waals surface area contributed by atoms with E-state index in [1.54, 1.807) is 37.5 Å². The number of hydrogen-bond acceptors (Lipinski definition) is 4. The number of anilines is 1. The smallest absolute Gasteiger partial charge is 0.262 e. The molecule has 3 rings (SSSR count). The van der Waals surface area contributed by atoms with Gasteiger partial charge in [-0.05, 0) is 43.0 Å². The van der Waals surface area contributed by atoms with Crippen LogP contribution < -0.4 is 15.4 Å². The van der Waals surface area contributed by atoms with E-state index in [-0.39, 0.29) is 17.7 Å². The molecule has 0 spiro atoms. The Bertz CT molecular complexity index is 792. The molecule has 2 amide bonds. The van der Waals surface area contributed by atoms with E-state index in [1.165, 1.54) is 43.9 Å². The highest BCUT2D eigenvalue weighted by Gasteiger charge is 2.17. The number of hydrogen-bond donors (Lipinski definition) is 2. The van der Waals surface area contributed by atoms with Crippen molar-refractivity contribution in [1.29, 1.82) is 0 Å². The third-order valence-electron chi connectivity index (χ3n) is 4.91. The van der Waals surface area contributed by atoms with Crippen LogP contribution in [0.5, 0.6) is 5.88 Å². The van der Waals surface area contributed by atoms with Gasteiger partial charge in [-0.2, -0.15) is 0 Å². The number of nitrogens with zero attached hydrogens (tertiary/aromatic N) is 2. The molecule has 27 heavy (non-hydrogen) atoms. The standard InChI is InChI=1S/C20H26N4O3/c1-24-13-17(20(23-24)27-2)19(26)22-16-10-8-15(9-11-16)18(25)21-12-14-6-4-3-5-7-14/h8-11,13-14H,3-7,12H2,1-2H3,(H,21,25)(H,22,26). The normalized spacial score (nSPS) is 14.6. The molecule has 1 saturated carbocycles. The number of carbonyl (C=O) groups is 2. The van der Waals surface area contributed by atoms with Crippen LogP contribution in [-0.2, 0) is 7.05 Å². The fraction of sp³-hybridized carbons (Fsp3) is 0.450. The maximum atomic E-state index is 12.4. The van der Waals surface area contributed by atoms with E-state index in [2.05, 4.69) is 15.7 Å². The van der Waals surface area contributed by atoms with Gasteiger partial charge in [0.2, 0.25) is 5.88 Å². The molecule has 144 valence electrons. The van der Waals surface area contributed by atoms with Gasteiger partial charge in [0.1, 0.15) is 5.56 Å². The van der Waals surface area contributed by atoms with Crippen molar-refractivity contribution in [2.75, 3.05) is 19.0 Å². The number of benzene rings is 1. The highest BCUT2D eigenvalue weighted by Crippen LogP contribution is 2.23. The molecule has 1 fully saturated rings. The maximum Gasteiger partial charge on any atom is 0.262 e. The Labute approximate surface area is 159 Å². The number of ether oxygens (including phenoxy) is 1. The Morgan fingerprint density at radius 1 is 1.15 bits per heavy atom. The summed E-state index contributed by atoms with van der Waals surface area (Å²) in [6.07, 6.45) is 7.82. The molecule has 7 nitrogen and oxygen atoms in total. The molecule has 2 aromatic rings. The highest BCUT2D eigenvalue weighted by molar-refractivity contribution is 6.06. The molecule has 0 bridgehead atoms. The number of amides is 2. The molecule has 2 N–H and O–H groups in total. The lowest BCUT2D eigenvalue weighted by molar-refractivity contribution is 0.0943. The third-order valence-corrected chi connectivity index (χ3v) is 4.91. The van der Waals surface area contributed by atoms with E-state index in [9.17, 15) is 9.59 Å². The van der Waals surface area contributed by atoms with Crippen LogP contribution in [0.4, 0.5) is 5.69 Å². The number of nitrogens with one attached hydrogen (secondary N) is 2. The van der Waals surface area contributed by atoms with Crippen LogP contribution in [0.25, 0.3) is 0 Å². The lowest BCUT2D eigenvalue weighted by Crippen LogP contribution is -2.30. The minimum absolute atomic E-state index is 0.0765. The summed E-state index contributed by atoms with van der Waals surface area (Å²) in [6.45, 7) is 0.734. The molecular weight excluding hydrogens is 344 g/mol. The summed E-state index contributed by atoms with van der Waals surface area (Å²) < 4.78 is 6.63. The van der Waals surface area contributed by atoms with E-state index >= 15 is 0 Å². The summed E-state index contributed by atoms with van der Waals surface area (Å²) >= 11 is 0. The molecule has 1 aliphatic carbocycles. The average molecular weight is 370 g/mol. The van der Waals surface area contributed by atoms with Gasteiger partial charge in [0.25, 0.3) is 11.8 Å². The second kappa shape index (κ2) is 8.70. The Balaban J connectivity index is 1.56. The molecule has 1 heterocycles. The SMILES string of the molecule is COc1nn(C)cc1C(=O)Nc1ccc(C(=O)NCC2CCCCC2)cc1. The van der Waals surface area contributed by atoms with Crippen molar-refractivity contribution in [1.82, 2.24) is 15.1 Å². The van der Waals surface area contributed by atoms with Crippen LogP contribution in [0.3, 0.4) is 0 Å². The number of aryl methyl sites for hydroxylation is 1. The van der Waals surface area contributed by atoms with Crippen molar-refractivity contribution >= 4 is 17.5 Å². The second-order valence-corrected chi connectivity index (χ2v) is 6.97. The van der Waals surface area contributed by atoms with Crippen molar-refractivity contribution in [3.05, 3.63) is 41.6 Å². The van der Waals surface area contributed by atoms with Gasteiger partial charge in [0.15, 0.2) is 0 Å². The Kier molecular flexibility index (Phi) is 6.11. The molecule has 1 aromatic heterocycles. The topological polar surface area (TPSA) is 85.2 Å². The summed E-state index contributed by atoms with van der Waals surface area (Å²) in [4.78, 5) is 24.7. The quantitative estimate of drug-likeness (QED) is 0.819. The van der Waals surface area contributed by atoms with Crippen molar-refractivity contribution < 1.29 is 14.3 Å². The van der Waals surface area contributed by atoms with Gasteiger partial charge in [-0.3, -0.25) is 14.3 Å². The van der Waals surface area contributed by atoms with E-state index in [0.717, 1.165) is 6.54 Å². The fourth-order valence-electron chi connectivity index (χ4n) is 3.41. The third kappa shape index (κ3) is 4.87. The zero-order valence-corrected chi connectivity index (χ0v) is 15.8. The summed E-state index contributed by atoms with van der Waals surface area (Å²) in [7, 11) is 3.19. The maximum absolute atomic E-state index is 12.4. The number of rotatable bonds is 6. The van der Waals surface area contributed by atoms with Gasteiger partial charge in [0.05, 0.1) is 7.11 Å². The predicted molar refractivity (Wildman–Crippen MR) is 103 cm³/mol. The summed E-state index contributed by atoms with van der Waals surface area (Å²) in [5.74, 6) is 0.478. The lowest BCUT2D eigenvalue weighted by Gasteiger charge is -2.21. The average Bonchev–Trinajstić information content (AvgIpc) is 3.08. The zero-order chi connectivity index (χ0) is 19.2. The largest absolute Gasteiger partial charge is 0.479 e. The first-order valence-electron chi connectivity index (χ1n) is 9.34. The predicted octanol–water partition coefficient (Wildman–Crippen LogP) is 2.99. The Hall–Kier alpha value is -2.83. The number of aromatic nitrogens is 2. The minimum atomic E-state index is -0.311. The van der Waals surface area contributed by atoms with Gasteiger partial charge >= 0.3 is 0 Å². The van der Waals surface area contributed by atoms with Gasteiger partial charge in [-0.25, -0.2) is 0 Å². The van der Waals surface area contributed by atoms with Crippen LogP contribution in [-0.4, -0.2) is 35.2 Å². The van der Waals surface area contributed by atoms with Crippen LogP contribution in [0.1, 0.15) is 52.8 Å². The lowest BCUT2D eigenvalue weighted by atomic mass is 9.89. The summed E-state index contributed by atoms with van der Waals surface area (Å²) in [5, 5.41) is 9.88. The van der Waals surface area contributed by atoms with E-state index in [0.29, 0.717) is 22.7 Å². The molecule has 1 aromatic carbocycles. The van der Waals surface area contributed by atoms with E-state index < -0.39 is 0 Å². The van der Waals surface area contributed by atoms with Crippen molar-refractivity contribution in [3.8, 4) is 5.88 Å². The number of methoxy groups -OCH3 is 1. The second-order valence-electron chi connectivity index (χ2n) is 6.97. The van der Waals surface area contributed by atoms with Crippen LogP contribution in [0, 0.1) is 5.92 Å². The minimum Gasteiger partial charge on any atom is -0.479 e. The summed E-state index contributed by atoms with van der Waals surface area (Å²) in [5.41, 5.74) is 1.55. The van der Waals surface area contributed by atoms with Gasteiger partial charge in [-0.1, -0.05) is 19.3 Å². The monoisotopic (exact) mass is 370 g/mol. The Morgan fingerprint density at radius 2 is 1.85 bits per heavy atom. The van der Waals surface area contributed by atoms with Crippen LogP contribution in [0.15, 0.2) is 30.5 Å². The van der Waals surface area contributed by atoms with Crippen LogP contribution >= 0.6 is 0 Å². The van der Waals surface area contributed by atoms with Gasteiger partial charge in [0, 0.05) is 31.0 Å². The molecule has 0 saturated heterocycles. The highest BCUT2D eigenvalue weighted by atomic mass is 16.5. The first kappa shape index (κ1) is 18.9. The van der Waals surface area contributed by atoms with Crippen molar-refractivity contribution in [2.45, 2.75) is 32.1 Å². The Morgan fingerprint density at radius 3 is 2.52 bits per heavy atom. The van der Waals surface area contributed by atoms with Crippen molar-refractivity contribution in [2.24, 2.45) is 13.0 Å². The molecular formula is C20H26N4O3. The molecule has 0 radical (unpaired) electrons. The van der Waals surface area contributed by atoms with Crippen molar-refractivity contribution in [3.63, 3.8) is 0 Å². The van der Waals surface area contributed by atoms with Gasteiger partial charge < -0.3 is 15.4 Å². The molecule has 0 atom stereocenters. The fourth-order valence-corrected chi connectivity index (χ4v) is 3.41. The van der Waals surface area contributed by atoms with Gasteiger partial charge in [-0.15, -0.1) is 5.10 Å².